The normalized spacial score (nSPS) is 14.3. The van der Waals surface area contributed by atoms with Crippen LogP contribution in [0.25, 0.3) is 32.0 Å². The summed E-state index contributed by atoms with van der Waals surface area (Å²) in [5, 5.41) is 19.2. The number of unbranched alkanes of at least 4 members (excludes halogenated alkanes) is 1. The molecule has 1 aliphatic rings. The lowest BCUT2D eigenvalue weighted by Gasteiger charge is -2.32. The smallest absolute Gasteiger partial charge is 0.326 e. The van der Waals surface area contributed by atoms with E-state index >= 15 is 0 Å². The van der Waals surface area contributed by atoms with Crippen LogP contribution in [0.3, 0.4) is 0 Å². The zero-order valence-electron chi connectivity index (χ0n) is 31.6. The summed E-state index contributed by atoms with van der Waals surface area (Å²) in [6.07, 6.45) is 5.28. The third-order valence-corrected chi connectivity index (χ3v) is 11.7. The molecule has 56 heavy (non-hydrogen) atoms. The van der Waals surface area contributed by atoms with Gasteiger partial charge < -0.3 is 29.2 Å². The van der Waals surface area contributed by atoms with E-state index in [-0.39, 0.29) is 13.0 Å². The molecule has 0 saturated carbocycles. The number of fused-ring (bicyclic) bond motifs is 1. The van der Waals surface area contributed by atoms with Gasteiger partial charge in [0.05, 0.1) is 21.0 Å². The van der Waals surface area contributed by atoms with E-state index in [1.165, 1.54) is 23.7 Å². The van der Waals surface area contributed by atoms with Gasteiger partial charge >= 0.3 is 5.97 Å². The SMILES string of the molecule is CCCCn1nccc1COc1ccccc1CC(Nc1ncnc2sc(-c3ccc(F)o3)c(-c3ccc(OCCN4CCN(C)CC4)c(Cl)c3C)c12)C(=O)O. The number of anilines is 1. The quantitative estimate of drug-likeness (QED) is 0.0930. The average Bonchev–Trinajstić information content (AvgIpc) is 3.94. The predicted octanol–water partition coefficient (Wildman–Crippen LogP) is 8.03. The molecule has 1 unspecified atom stereocenters. The number of hydrogen-bond donors (Lipinski definition) is 2. The first-order valence-corrected chi connectivity index (χ1v) is 20.0. The van der Waals surface area contributed by atoms with E-state index < -0.39 is 18.0 Å². The molecular formula is C41H45ClFN7O5S. The number of para-hydroxylation sites is 1. The minimum absolute atomic E-state index is 0.0901. The summed E-state index contributed by atoms with van der Waals surface area (Å²) in [5.41, 5.74) is 3.73. The van der Waals surface area contributed by atoms with Gasteiger partial charge in [0.25, 0.3) is 6.01 Å². The van der Waals surface area contributed by atoms with Crippen LogP contribution in [0.15, 0.2) is 71.5 Å². The summed E-state index contributed by atoms with van der Waals surface area (Å²) in [7, 11) is 2.13. The number of carboxylic acids is 1. The van der Waals surface area contributed by atoms with Crippen LogP contribution in [0.2, 0.25) is 5.02 Å². The van der Waals surface area contributed by atoms with Crippen molar-refractivity contribution >= 4 is 44.9 Å². The van der Waals surface area contributed by atoms with Crippen molar-refractivity contribution in [1.29, 1.82) is 0 Å². The molecule has 12 nitrogen and oxygen atoms in total. The molecule has 0 aliphatic carbocycles. The highest BCUT2D eigenvalue weighted by molar-refractivity contribution is 7.22. The van der Waals surface area contributed by atoms with Crippen molar-refractivity contribution in [3.05, 3.63) is 95.0 Å². The summed E-state index contributed by atoms with van der Waals surface area (Å²) < 4.78 is 34.2. The number of piperazine rings is 1. The number of rotatable bonds is 17. The molecule has 15 heteroatoms. The first-order valence-electron chi connectivity index (χ1n) is 18.8. The number of aliphatic carboxylic acids is 1. The number of ether oxygens (including phenoxy) is 2. The maximum absolute atomic E-state index is 14.3. The Labute approximate surface area is 333 Å². The van der Waals surface area contributed by atoms with Gasteiger partial charge in [-0.05, 0) is 61.3 Å². The number of nitrogens with one attached hydrogen (secondary N) is 1. The van der Waals surface area contributed by atoms with E-state index in [2.05, 4.69) is 44.2 Å². The van der Waals surface area contributed by atoms with Gasteiger partial charge in [-0.2, -0.15) is 9.49 Å². The van der Waals surface area contributed by atoms with E-state index in [1.54, 1.807) is 12.3 Å². The Morgan fingerprint density at radius 3 is 2.64 bits per heavy atom. The zero-order valence-corrected chi connectivity index (χ0v) is 33.2. The molecule has 2 aromatic carbocycles. The average molecular weight is 802 g/mol. The topological polar surface area (TPSA) is 131 Å². The van der Waals surface area contributed by atoms with E-state index in [4.69, 9.17) is 25.5 Å². The fourth-order valence-electron chi connectivity index (χ4n) is 6.85. The maximum atomic E-state index is 14.3. The fourth-order valence-corrected chi connectivity index (χ4v) is 8.19. The lowest BCUT2D eigenvalue weighted by Crippen LogP contribution is -2.45. The van der Waals surface area contributed by atoms with E-state index in [9.17, 15) is 14.3 Å². The number of hydrogen-bond acceptors (Lipinski definition) is 11. The molecule has 1 aliphatic heterocycles. The molecule has 7 rings (SSSR count). The number of thiophene rings is 1. The molecule has 2 N–H and O–H groups in total. The van der Waals surface area contributed by atoms with Gasteiger partial charge in [-0.3, -0.25) is 9.58 Å². The standard InChI is InChI=1S/C41H45ClFN7O5S/c1-4-5-16-50-28(14-15-46-50)24-54-31-9-7-6-8-27(31)23-30(41(51)52)47-39-36-35(38(33-12-13-34(43)55-33)56-40(36)45-25-44-39)29-10-11-32(37(42)26(29)2)53-22-21-49-19-17-48(3)18-20-49/h6-15,25,30H,4-5,16-24H2,1-3H3,(H,51,52)(H,44,45,47). The Bertz CT molecular complexity index is 2290. The Morgan fingerprint density at radius 1 is 1.05 bits per heavy atom. The van der Waals surface area contributed by atoms with Gasteiger partial charge in [-0.25, -0.2) is 14.8 Å². The molecule has 0 spiro atoms. The third kappa shape index (κ3) is 8.83. The molecule has 1 saturated heterocycles. The molecule has 1 atom stereocenters. The predicted molar refractivity (Wildman–Crippen MR) is 216 cm³/mol. The molecule has 0 bridgehead atoms. The molecular weight excluding hydrogens is 757 g/mol. The highest BCUT2D eigenvalue weighted by Crippen LogP contribution is 2.49. The van der Waals surface area contributed by atoms with Gasteiger partial charge in [0.2, 0.25) is 0 Å². The molecule has 294 valence electrons. The summed E-state index contributed by atoms with van der Waals surface area (Å²) in [5.74, 6) is 0.649. The largest absolute Gasteiger partial charge is 0.491 e. The second kappa shape index (κ2) is 17.8. The molecule has 0 amide bonds. The second-order valence-corrected chi connectivity index (χ2v) is 15.3. The number of carboxylic acid groups (broad SMARTS) is 1. The van der Waals surface area contributed by atoms with Crippen LogP contribution < -0.4 is 14.8 Å². The minimum Gasteiger partial charge on any atom is -0.491 e. The van der Waals surface area contributed by atoms with Crippen molar-refractivity contribution in [1.82, 2.24) is 29.5 Å². The number of nitrogens with zero attached hydrogens (tertiary/aromatic N) is 6. The lowest BCUT2D eigenvalue weighted by atomic mass is 9.97. The van der Waals surface area contributed by atoms with Crippen molar-refractivity contribution in [2.75, 3.05) is 51.7 Å². The summed E-state index contributed by atoms with van der Waals surface area (Å²) in [6, 6.07) is 14.0. The zero-order chi connectivity index (χ0) is 39.2. The number of aromatic nitrogens is 4. The van der Waals surface area contributed by atoms with Crippen molar-refractivity contribution < 1.29 is 28.2 Å². The summed E-state index contributed by atoms with van der Waals surface area (Å²) in [6.45, 7) is 10.4. The highest BCUT2D eigenvalue weighted by Gasteiger charge is 2.28. The number of aryl methyl sites for hydroxylation is 1. The number of halogens is 2. The summed E-state index contributed by atoms with van der Waals surface area (Å²) >= 11 is 8.29. The van der Waals surface area contributed by atoms with Crippen molar-refractivity contribution in [2.45, 2.75) is 52.3 Å². The number of furan rings is 1. The minimum atomic E-state index is -1.11. The van der Waals surface area contributed by atoms with Gasteiger partial charge in [-0.15, -0.1) is 11.3 Å². The van der Waals surface area contributed by atoms with Crippen LogP contribution in [0.4, 0.5) is 10.2 Å². The van der Waals surface area contributed by atoms with Crippen LogP contribution in [0, 0.1) is 12.9 Å². The van der Waals surface area contributed by atoms with Gasteiger partial charge in [0, 0.05) is 63.5 Å². The van der Waals surface area contributed by atoms with E-state index in [0.29, 0.717) is 60.9 Å². The van der Waals surface area contributed by atoms with Crippen molar-refractivity contribution in [2.24, 2.45) is 0 Å². The van der Waals surface area contributed by atoms with Crippen LogP contribution >= 0.6 is 22.9 Å². The number of benzene rings is 2. The van der Waals surface area contributed by atoms with Gasteiger partial charge in [0.1, 0.15) is 53.5 Å². The Balaban J connectivity index is 1.19. The molecule has 0 radical (unpaired) electrons. The fraction of sp³-hybridized carbons (Fsp3) is 0.366. The van der Waals surface area contributed by atoms with E-state index in [0.717, 1.165) is 68.9 Å². The number of carbonyl (C=O) groups is 1. The summed E-state index contributed by atoms with van der Waals surface area (Å²) in [4.78, 5) is 27.9. The van der Waals surface area contributed by atoms with Crippen LogP contribution in [-0.4, -0.2) is 93.0 Å². The van der Waals surface area contributed by atoms with Gasteiger partial charge in [-0.1, -0.05) is 49.2 Å². The van der Waals surface area contributed by atoms with Crippen molar-refractivity contribution in [3.63, 3.8) is 0 Å². The monoisotopic (exact) mass is 801 g/mol. The Morgan fingerprint density at radius 2 is 1.88 bits per heavy atom. The lowest BCUT2D eigenvalue weighted by molar-refractivity contribution is -0.137. The second-order valence-electron chi connectivity index (χ2n) is 13.9. The number of likely N-dealkylation sites (N-methyl/N-ethyl adjacent to an activating group) is 1. The molecule has 1 fully saturated rings. The van der Waals surface area contributed by atoms with Crippen LogP contribution in [0.5, 0.6) is 11.5 Å². The molecule has 6 aromatic rings. The first kappa shape index (κ1) is 39.2. The Hall–Kier alpha value is -5.02. The molecule has 5 heterocycles. The van der Waals surface area contributed by atoms with Crippen LogP contribution in [-0.2, 0) is 24.4 Å². The van der Waals surface area contributed by atoms with E-state index in [1.807, 2.05) is 54.1 Å². The first-order chi connectivity index (χ1) is 27.2. The van der Waals surface area contributed by atoms with Crippen LogP contribution in [0.1, 0.15) is 36.6 Å². The van der Waals surface area contributed by atoms with Gasteiger partial charge in [0.15, 0.2) is 0 Å². The Kier molecular flexibility index (Phi) is 12.5. The maximum Gasteiger partial charge on any atom is 0.326 e. The van der Waals surface area contributed by atoms with Crippen molar-refractivity contribution in [3.8, 4) is 33.3 Å². The highest BCUT2D eigenvalue weighted by atomic mass is 35.5. The molecule has 4 aromatic heterocycles. The third-order valence-electron chi connectivity index (χ3n) is 10.1.